The van der Waals surface area contributed by atoms with E-state index in [-0.39, 0.29) is 32.4 Å². The van der Waals surface area contributed by atoms with Crippen molar-refractivity contribution in [1.29, 1.82) is 0 Å². The second-order valence-electron chi connectivity index (χ2n) is 13.4. The van der Waals surface area contributed by atoms with Crippen LogP contribution in [-0.2, 0) is 40.3 Å². The van der Waals surface area contributed by atoms with Gasteiger partial charge >= 0.3 is 12.2 Å². The number of alkyl carbamates (subject to hydrolysis) is 1. The number of ether oxygens (including phenoxy) is 2. The molecule has 4 bridgehead atoms. The summed E-state index contributed by atoms with van der Waals surface area (Å²) >= 11 is 0. The van der Waals surface area contributed by atoms with E-state index in [9.17, 15) is 32.4 Å². The molecule has 48 heavy (non-hydrogen) atoms. The van der Waals surface area contributed by atoms with Crippen molar-refractivity contribution in [2.45, 2.75) is 107 Å². The molecule has 14 heteroatoms. The quantitative estimate of drug-likeness (QED) is 0.307. The highest BCUT2D eigenvalue weighted by Gasteiger charge is 2.61. The topological polar surface area (TPSA) is 177 Å². The van der Waals surface area contributed by atoms with Gasteiger partial charge in [0.15, 0.2) is 5.78 Å². The van der Waals surface area contributed by atoms with E-state index in [1.54, 1.807) is 6.07 Å². The van der Waals surface area contributed by atoms with Crippen LogP contribution in [0.5, 0.6) is 0 Å². The Morgan fingerprint density at radius 3 is 2.65 bits per heavy atom. The minimum atomic E-state index is -3.85. The highest BCUT2D eigenvalue weighted by atomic mass is 32.2. The number of Topliss-reactive ketones (excluding diaryl/α,β-unsaturated/α-hetero) is 1. The Kier molecular flexibility index (Phi) is 11.1. The number of unbranched alkanes of at least 4 members (excludes halogenated alkanes) is 1. The monoisotopic (exact) mass is 686 g/mol. The zero-order valence-electron chi connectivity index (χ0n) is 27.4. The van der Waals surface area contributed by atoms with E-state index in [1.807, 2.05) is 25.1 Å². The summed E-state index contributed by atoms with van der Waals surface area (Å²) < 4.78 is 38.5. The summed E-state index contributed by atoms with van der Waals surface area (Å²) in [5, 5.41) is 4.80. The number of ketones is 1. The lowest BCUT2D eigenvalue weighted by Gasteiger charge is -2.29. The first-order chi connectivity index (χ1) is 23.0. The molecule has 4 amide bonds. The molecule has 5 rings (SSSR count). The lowest BCUT2D eigenvalue weighted by atomic mass is 9.91. The van der Waals surface area contributed by atoms with Crippen molar-refractivity contribution in [2.24, 2.45) is 11.3 Å². The van der Waals surface area contributed by atoms with Gasteiger partial charge < -0.3 is 19.7 Å². The van der Waals surface area contributed by atoms with E-state index in [0.29, 0.717) is 37.8 Å². The summed E-state index contributed by atoms with van der Waals surface area (Å²) in [6, 6.07) is 5.31. The van der Waals surface area contributed by atoms with Crippen molar-refractivity contribution in [2.75, 3.05) is 18.5 Å². The third-order valence-electron chi connectivity index (χ3n) is 9.70. The molecule has 3 N–H and O–H groups in total. The number of carbonyl (C=O) groups is 5. The summed E-state index contributed by atoms with van der Waals surface area (Å²) in [7, 11) is -3.85. The van der Waals surface area contributed by atoms with Crippen molar-refractivity contribution in [3.8, 4) is 0 Å². The van der Waals surface area contributed by atoms with Gasteiger partial charge in [-0.2, -0.15) is 0 Å². The molecule has 13 nitrogen and oxygen atoms in total. The molecular weight excluding hydrogens is 640 g/mol. The van der Waals surface area contributed by atoms with Crippen LogP contribution in [0.25, 0.3) is 0 Å². The Morgan fingerprint density at radius 1 is 1.15 bits per heavy atom. The Labute approximate surface area is 281 Å². The van der Waals surface area contributed by atoms with E-state index >= 15 is 0 Å². The Bertz CT molecular complexity index is 1530. The van der Waals surface area contributed by atoms with Gasteiger partial charge in [0, 0.05) is 18.5 Å². The number of carbonyl (C=O) groups excluding carboxylic acids is 5. The molecule has 4 aliphatic rings. The number of fused-ring (bicyclic) bond motifs is 4. The van der Waals surface area contributed by atoms with E-state index in [2.05, 4.69) is 21.9 Å². The van der Waals surface area contributed by atoms with Crippen molar-refractivity contribution in [3.05, 3.63) is 42.5 Å². The van der Waals surface area contributed by atoms with Crippen LogP contribution in [0.2, 0.25) is 0 Å². The maximum atomic E-state index is 14.1. The van der Waals surface area contributed by atoms with E-state index in [0.717, 1.165) is 31.2 Å². The van der Waals surface area contributed by atoms with Crippen LogP contribution in [0, 0.1) is 11.3 Å². The number of hydrogen-bond donors (Lipinski definition) is 3. The van der Waals surface area contributed by atoms with Gasteiger partial charge in [-0.15, -0.1) is 6.58 Å². The van der Waals surface area contributed by atoms with Crippen molar-refractivity contribution >= 4 is 45.5 Å². The van der Waals surface area contributed by atoms with E-state index in [4.69, 9.17) is 9.47 Å². The number of benzene rings is 1. The summed E-state index contributed by atoms with van der Waals surface area (Å²) in [6.07, 6.45) is 4.76. The Morgan fingerprint density at radius 2 is 1.94 bits per heavy atom. The molecule has 1 aromatic carbocycles. The van der Waals surface area contributed by atoms with E-state index < -0.39 is 74.6 Å². The average Bonchev–Trinajstić information content (AvgIpc) is 3.97. The summed E-state index contributed by atoms with van der Waals surface area (Å²) in [4.78, 5) is 68.6. The number of nitrogens with zero attached hydrogens (tertiary/aromatic N) is 1. The summed E-state index contributed by atoms with van der Waals surface area (Å²) in [6.45, 7) is 5.79. The van der Waals surface area contributed by atoms with Gasteiger partial charge in [-0.25, -0.2) is 18.0 Å². The van der Waals surface area contributed by atoms with Gasteiger partial charge in [-0.1, -0.05) is 38.0 Å². The number of rotatable bonds is 10. The Balaban J connectivity index is 1.38. The zero-order chi connectivity index (χ0) is 34.5. The highest BCUT2D eigenvalue weighted by Crippen LogP contribution is 2.57. The standard InChI is InChI=1S/C34H46N4O9S/c1-3-5-13-27-30(40)38-21-25(47-33(43)35-24-12-9-11-22(17-24)10-7-6-8-16-46-32(42)36-27)18-28(38)29(39)20-34(19-23(34)4-2)31(41)37-48(44,45)26-14-15-26/h4,9,11-12,17,23,25-28H,2-3,5-8,10,13-16,18-21H2,1H3,(H,35,43)(H,36,42)(H,37,41)/t23?,25-,27+,28+,34-/m1/s1. The second-order valence-corrected chi connectivity index (χ2v) is 15.4. The minimum absolute atomic E-state index is 0.0280. The molecule has 3 fully saturated rings. The lowest BCUT2D eigenvalue weighted by Crippen LogP contribution is -2.52. The third kappa shape index (κ3) is 8.55. The van der Waals surface area contributed by atoms with Crippen LogP contribution >= 0.6 is 0 Å². The fraction of sp³-hybridized carbons (Fsp3) is 0.618. The fourth-order valence-corrected chi connectivity index (χ4v) is 8.05. The number of anilines is 1. The number of hydrogen-bond acceptors (Lipinski definition) is 9. The predicted molar refractivity (Wildman–Crippen MR) is 176 cm³/mol. The minimum Gasteiger partial charge on any atom is -0.450 e. The summed E-state index contributed by atoms with van der Waals surface area (Å²) in [5.41, 5.74) is 0.253. The van der Waals surface area contributed by atoms with Crippen molar-refractivity contribution < 1.29 is 41.9 Å². The molecule has 262 valence electrons. The molecule has 2 heterocycles. The molecule has 1 aromatic rings. The largest absolute Gasteiger partial charge is 0.450 e. The number of allylic oxidation sites excluding steroid dienone is 1. The first-order valence-electron chi connectivity index (χ1n) is 17.0. The average molecular weight is 687 g/mol. The predicted octanol–water partition coefficient (Wildman–Crippen LogP) is 3.98. The number of aryl methyl sites for hydroxylation is 1. The molecule has 2 aliphatic heterocycles. The number of cyclic esters (lactones) is 1. The Hall–Kier alpha value is -3.94. The molecule has 0 aromatic heterocycles. The molecule has 2 saturated carbocycles. The molecule has 2 aliphatic carbocycles. The van der Waals surface area contributed by atoms with Crippen LogP contribution < -0.4 is 15.4 Å². The van der Waals surface area contributed by atoms with Crippen molar-refractivity contribution in [3.63, 3.8) is 0 Å². The lowest BCUT2D eigenvalue weighted by molar-refractivity contribution is -0.140. The van der Waals surface area contributed by atoms with Gasteiger partial charge in [-0.3, -0.25) is 24.4 Å². The van der Waals surface area contributed by atoms with Crippen LogP contribution in [0.15, 0.2) is 36.9 Å². The fourth-order valence-electron chi connectivity index (χ4n) is 6.67. The number of sulfonamides is 1. The molecular formula is C34H46N4O9S. The van der Waals surface area contributed by atoms with Gasteiger partial charge in [0.25, 0.3) is 0 Å². The maximum Gasteiger partial charge on any atom is 0.411 e. The van der Waals surface area contributed by atoms with E-state index in [1.165, 1.54) is 11.0 Å². The van der Waals surface area contributed by atoms with Crippen LogP contribution in [0.3, 0.4) is 0 Å². The summed E-state index contributed by atoms with van der Waals surface area (Å²) in [5.74, 6) is -2.17. The smallest absolute Gasteiger partial charge is 0.411 e. The van der Waals surface area contributed by atoms with Crippen molar-refractivity contribution in [1.82, 2.24) is 14.9 Å². The molecule has 0 spiro atoms. The molecule has 5 atom stereocenters. The van der Waals surface area contributed by atoms with Gasteiger partial charge in [0.05, 0.1) is 29.9 Å². The molecule has 1 unspecified atom stereocenters. The SMILES string of the molecule is C=CC1C[C@]1(CC(=O)[C@@H]1C[C@@H]2CN1C(=O)[C@H](CCCC)NC(=O)OCCCCCc1cccc(c1)NC(=O)O2)C(=O)NS(=O)(=O)C1CC1. The normalized spacial score (nSPS) is 28.4. The number of amides is 4. The third-order valence-corrected chi connectivity index (χ3v) is 11.5. The number of nitrogens with one attached hydrogen (secondary N) is 3. The van der Waals surface area contributed by atoms with Gasteiger partial charge in [0.2, 0.25) is 21.8 Å². The molecule has 1 saturated heterocycles. The highest BCUT2D eigenvalue weighted by molar-refractivity contribution is 7.90. The van der Waals surface area contributed by atoms with Gasteiger partial charge in [0.1, 0.15) is 12.1 Å². The maximum absolute atomic E-state index is 14.1. The molecule has 0 radical (unpaired) electrons. The first-order valence-corrected chi connectivity index (χ1v) is 18.5. The second kappa shape index (κ2) is 15.1. The van der Waals surface area contributed by atoms with Gasteiger partial charge in [-0.05, 0) is 75.0 Å². The van der Waals surface area contributed by atoms with Crippen LogP contribution in [-0.4, -0.2) is 79.7 Å². The first kappa shape index (κ1) is 35.4. The van der Waals surface area contributed by atoms with Crippen LogP contribution in [0.4, 0.5) is 15.3 Å². The zero-order valence-corrected chi connectivity index (χ0v) is 28.2. The van der Waals surface area contributed by atoms with Crippen LogP contribution in [0.1, 0.15) is 83.1 Å².